The lowest BCUT2D eigenvalue weighted by molar-refractivity contribution is -0.122. The van der Waals surface area contributed by atoms with Crippen LogP contribution in [0.5, 0.6) is 0 Å². The molecular weight excluding hydrogens is 361 g/mol. The lowest BCUT2D eigenvalue weighted by Crippen LogP contribution is -2.30. The predicted molar refractivity (Wildman–Crippen MR) is 95.7 cm³/mol. The van der Waals surface area contributed by atoms with E-state index in [0.717, 1.165) is 31.2 Å². The second-order valence-corrected chi connectivity index (χ2v) is 7.47. The molecule has 1 saturated carbocycles. The molecule has 7 heteroatoms. The molecule has 1 aromatic heterocycles. The molecule has 2 aliphatic rings. The van der Waals surface area contributed by atoms with Crippen LogP contribution < -0.4 is 4.90 Å². The molecule has 1 saturated heterocycles. The van der Waals surface area contributed by atoms with Crippen molar-refractivity contribution < 1.29 is 9.59 Å². The van der Waals surface area contributed by atoms with Gasteiger partial charge in [0, 0.05) is 6.20 Å². The van der Waals surface area contributed by atoms with Gasteiger partial charge in [0.05, 0.1) is 40.3 Å². The SMILES string of the molecule is O=C1[C@@H]2CCCC[C@H]2C(=O)N1c1cnn(Cc2ccc(Cl)c(Cl)c2)c1. The van der Waals surface area contributed by atoms with Crippen LogP contribution in [0.15, 0.2) is 30.6 Å². The molecule has 2 heterocycles. The zero-order valence-corrected chi connectivity index (χ0v) is 15.0. The van der Waals surface area contributed by atoms with Gasteiger partial charge in [-0.3, -0.25) is 14.3 Å². The first-order chi connectivity index (χ1) is 12.0. The molecule has 0 bridgehead atoms. The normalized spacial score (nSPS) is 23.2. The Balaban J connectivity index is 1.55. The quantitative estimate of drug-likeness (QED) is 0.761. The van der Waals surface area contributed by atoms with E-state index in [9.17, 15) is 9.59 Å². The van der Waals surface area contributed by atoms with Gasteiger partial charge >= 0.3 is 0 Å². The minimum Gasteiger partial charge on any atom is -0.274 e. The van der Waals surface area contributed by atoms with Crippen molar-refractivity contribution in [1.29, 1.82) is 0 Å². The smallest absolute Gasteiger partial charge is 0.237 e. The average Bonchev–Trinajstić information content (AvgIpc) is 3.15. The number of hydrogen-bond donors (Lipinski definition) is 0. The van der Waals surface area contributed by atoms with Gasteiger partial charge < -0.3 is 0 Å². The van der Waals surface area contributed by atoms with Gasteiger partial charge in [0.2, 0.25) is 11.8 Å². The van der Waals surface area contributed by atoms with Crippen molar-refractivity contribution in [2.24, 2.45) is 11.8 Å². The lowest BCUT2D eigenvalue weighted by Gasteiger charge is -2.19. The summed E-state index contributed by atoms with van der Waals surface area (Å²) in [6.07, 6.45) is 6.96. The molecule has 2 atom stereocenters. The number of aromatic nitrogens is 2. The lowest BCUT2D eigenvalue weighted by atomic mass is 9.81. The number of carbonyl (C=O) groups is 2. The minimum atomic E-state index is -0.153. The van der Waals surface area contributed by atoms with Crippen LogP contribution in [0.2, 0.25) is 10.0 Å². The van der Waals surface area contributed by atoms with E-state index in [1.54, 1.807) is 29.2 Å². The number of halogens is 2. The Hall–Kier alpha value is -1.85. The van der Waals surface area contributed by atoms with Crippen LogP contribution in [0.3, 0.4) is 0 Å². The van der Waals surface area contributed by atoms with E-state index < -0.39 is 0 Å². The average molecular weight is 378 g/mol. The molecule has 2 amide bonds. The van der Waals surface area contributed by atoms with Gasteiger partial charge in [-0.2, -0.15) is 5.10 Å². The van der Waals surface area contributed by atoms with Crippen LogP contribution in [0.25, 0.3) is 0 Å². The number of nitrogens with zero attached hydrogens (tertiary/aromatic N) is 3. The number of carbonyl (C=O) groups excluding carboxylic acids is 2. The molecule has 1 aliphatic carbocycles. The fourth-order valence-corrected chi connectivity index (χ4v) is 4.12. The highest BCUT2D eigenvalue weighted by Gasteiger charge is 2.49. The summed E-state index contributed by atoms with van der Waals surface area (Å²) >= 11 is 12.0. The van der Waals surface area contributed by atoms with E-state index >= 15 is 0 Å². The molecule has 2 aromatic rings. The van der Waals surface area contributed by atoms with Crippen molar-refractivity contribution in [3.63, 3.8) is 0 Å². The van der Waals surface area contributed by atoms with E-state index in [-0.39, 0.29) is 23.7 Å². The summed E-state index contributed by atoms with van der Waals surface area (Å²) in [6.45, 7) is 0.486. The van der Waals surface area contributed by atoms with E-state index in [0.29, 0.717) is 22.3 Å². The van der Waals surface area contributed by atoms with Crippen LogP contribution in [-0.2, 0) is 16.1 Å². The number of hydrogen-bond acceptors (Lipinski definition) is 3. The molecule has 0 spiro atoms. The summed E-state index contributed by atoms with van der Waals surface area (Å²) in [5, 5.41) is 5.28. The molecule has 1 aliphatic heterocycles. The highest BCUT2D eigenvalue weighted by molar-refractivity contribution is 6.42. The van der Waals surface area contributed by atoms with Crippen LogP contribution in [-0.4, -0.2) is 21.6 Å². The summed E-state index contributed by atoms with van der Waals surface area (Å²) in [7, 11) is 0. The van der Waals surface area contributed by atoms with Gasteiger partial charge in [-0.25, -0.2) is 4.90 Å². The van der Waals surface area contributed by atoms with Crippen LogP contribution in [0.4, 0.5) is 5.69 Å². The maximum absolute atomic E-state index is 12.6. The zero-order valence-electron chi connectivity index (χ0n) is 13.5. The van der Waals surface area contributed by atoms with Gasteiger partial charge in [0.1, 0.15) is 0 Å². The summed E-state index contributed by atoms with van der Waals surface area (Å²) in [5.74, 6) is -0.466. The molecule has 25 heavy (non-hydrogen) atoms. The number of rotatable bonds is 3. The number of anilines is 1. The third kappa shape index (κ3) is 2.96. The highest BCUT2D eigenvalue weighted by Crippen LogP contribution is 2.39. The van der Waals surface area contributed by atoms with E-state index in [1.165, 1.54) is 4.90 Å². The molecule has 2 fully saturated rings. The zero-order chi connectivity index (χ0) is 17.6. The first kappa shape index (κ1) is 16.6. The molecule has 0 unspecified atom stereocenters. The van der Waals surface area contributed by atoms with Crippen molar-refractivity contribution in [3.05, 3.63) is 46.2 Å². The third-order valence-electron chi connectivity index (χ3n) is 5.05. The Kier molecular flexibility index (Phi) is 4.29. The maximum Gasteiger partial charge on any atom is 0.237 e. The molecule has 5 nitrogen and oxygen atoms in total. The van der Waals surface area contributed by atoms with Crippen LogP contribution in [0.1, 0.15) is 31.2 Å². The largest absolute Gasteiger partial charge is 0.274 e. The van der Waals surface area contributed by atoms with Gasteiger partial charge in [-0.15, -0.1) is 0 Å². The van der Waals surface area contributed by atoms with E-state index in [1.807, 2.05) is 6.07 Å². The van der Waals surface area contributed by atoms with Gasteiger partial charge in [-0.05, 0) is 30.5 Å². The van der Waals surface area contributed by atoms with Crippen molar-refractivity contribution in [3.8, 4) is 0 Å². The second-order valence-electron chi connectivity index (χ2n) is 6.65. The summed E-state index contributed by atoms with van der Waals surface area (Å²) in [5.41, 5.74) is 1.49. The van der Waals surface area contributed by atoms with Crippen LogP contribution in [0, 0.1) is 11.8 Å². The fraction of sp³-hybridized carbons (Fsp3) is 0.389. The first-order valence-electron chi connectivity index (χ1n) is 8.39. The van der Waals surface area contributed by atoms with Gasteiger partial charge in [-0.1, -0.05) is 42.1 Å². The molecule has 130 valence electrons. The number of fused-ring (bicyclic) bond motifs is 1. The van der Waals surface area contributed by atoms with Crippen molar-refractivity contribution in [2.45, 2.75) is 32.2 Å². The van der Waals surface area contributed by atoms with Crippen molar-refractivity contribution >= 4 is 40.7 Å². The first-order valence-corrected chi connectivity index (χ1v) is 9.14. The Morgan fingerprint density at radius 1 is 1.04 bits per heavy atom. The summed E-state index contributed by atoms with van der Waals surface area (Å²) < 4.78 is 1.69. The molecule has 0 N–H and O–H groups in total. The Bertz CT molecular complexity index is 825. The summed E-state index contributed by atoms with van der Waals surface area (Å²) in [6, 6.07) is 5.39. The maximum atomic E-state index is 12.6. The van der Waals surface area contributed by atoms with Crippen molar-refractivity contribution in [2.75, 3.05) is 4.90 Å². The molecular formula is C18H17Cl2N3O2. The minimum absolute atomic E-state index is 0.0798. The Morgan fingerprint density at radius 3 is 2.36 bits per heavy atom. The van der Waals surface area contributed by atoms with Crippen LogP contribution >= 0.6 is 23.2 Å². The Labute approximate surface area is 155 Å². The van der Waals surface area contributed by atoms with Gasteiger partial charge in [0.15, 0.2) is 0 Å². The van der Waals surface area contributed by atoms with Crippen molar-refractivity contribution in [1.82, 2.24) is 9.78 Å². The standard InChI is InChI=1S/C18H17Cl2N3O2/c19-15-6-5-11(7-16(15)20)9-22-10-12(8-21-22)23-17(24)13-3-1-2-4-14(13)18(23)25/h5-8,10,13-14H,1-4,9H2/t13-,14-/m1/s1. The Morgan fingerprint density at radius 2 is 1.72 bits per heavy atom. The second kappa shape index (κ2) is 6.46. The topological polar surface area (TPSA) is 55.2 Å². The van der Waals surface area contributed by atoms with E-state index in [4.69, 9.17) is 23.2 Å². The molecule has 1 aromatic carbocycles. The van der Waals surface area contributed by atoms with Gasteiger partial charge in [0.25, 0.3) is 0 Å². The number of amides is 2. The monoisotopic (exact) mass is 377 g/mol. The highest BCUT2D eigenvalue weighted by atomic mass is 35.5. The summed E-state index contributed by atoms with van der Waals surface area (Å²) in [4.78, 5) is 26.6. The fourth-order valence-electron chi connectivity index (χ4n) is 3.80. The number of imide groups is 1. The third-order valence-corrected chi connectivity index (χ3v) is 5.79. The molecule has 0 radical (unpaired) electrons. The number of benzene rings is 1. The molecule has 4 rings (SSSR count). The predicted octanol–water partition coefficient (Wildman–Crippen LogP) is 3.92. The van der Waals surface area contributed by atoms with E-state index in [2.05, 4.69) is 5.10 Å².